The number of hydrogen-bond acceptors (Lipinski definition) is 7. The smallest absolute Gasteiger partial charge is 0.324 e. The minimum absolute atomic E-state index is 0.197. The van der Waals surface area contributed by atoms with E-state index >= 15 is 0 Å². The molecule has 2 unspecified atom stereocenters. The molecule has 0 aromatic heterocycles. The largest absolute Gasteiger partial charge is 0.454 e. The van der Waals surface area contributed by atoms with E-state index in [9.17, 15) is 14.4 Å². The molecule has 2 rings (SSSR count). The van der Waals surface area contributed by atoms with E-state index in [1.54, 1.807) is 13.8 Å². The van der Waals surface area contributed by atoms with Crippen molar-refractivity contribution in [2.75, 3.05) is 7.11 Å². The maximum absolute atomic E-state index is 12.5. The first kappa shape index (κ1) is 17.7. The van der Waals surface area contributed by atoms with Crippen LogP contribution in [0, 0.1) is 0 Å². The van der Waals surface area contributed by atoms with Crippen LogP contribution in [0.15, 0.2) is 24.4 Å². The third-order valence-electron chi connectivity index (χ3n) is 3.83. The number of hydrogen-bond donors (Lipinski definition) is 1. The maximum Gasteiger partial charge on any atom is 0.324 e. The van der Waals surface area contributed by atoms with Crippen LogP contribution >= 0.6 is 11.8 Å². The summed E-state index contributed by atoms with van der Waals surface area (Å²) in [4.78, 5) is 37.7. The first-order valence-electron chi connectivity index (χ1n) is 6.98. The van der Waals surface area contributed by atoms with Gasteiger partial charge in [-0.25, -0.2) is 0 Å². The highest BCUT2D eigenvalue weighted by Gasteiger charge is 2.62. The molecule has 0 radical (unpaired) electrons. The lowest BCUT2D eigenvalue weighted by atomic mass is 10.0. The number of ketones is 1. The SMILES string of the molecule is C=CC(C)(C)OC(=O)C1S[C@H]2N(C=C1C(C)=O)C(=O)C2(N)OC. The van der Waals surface area contributed by atoms with Crippen molar-refractivity contribution in [2.45, 2.75) is 42.7 Å². The summed E-state index contributed by atoms with van der Waals surface area (Å²) in [5, 5.41) is -1.47. The Hall–Kier alpha value is -1.64. The summed E-state index contributed by atoms with van der Waals surface area (Å²) in [5.41, 5.74) is 3.75. The lowest BCUT2D eigenvalue weighted by Crippen LogP contribution is -2.77. The first-order chi connectivity index (χ1) is 10.6. The summed E-state index contributed by atoms with van der Waals surface area (Å²) in [7, 11) is 1.33. The second kappa shape index (κ2) is 5.77. The van der Waals surface area contributed by atoms with Gasteiger partial charge in [0.05, 0.1) is 0 Å². The molecule has 2 aliphatic heterocycles. The molecule has 0 saturated carbocycles. The van der Waals surface area contributed by atoms with Crippen LogP contribution < -0.4 is 5.73 Å². The van der Waals surface area contributed by atoms with Crippen LogP contribution in [-0.4, -0.2) is 51.6 Å². The number of thioether (sulfide) groups is 1. The minimum atomic E-state index is -1.50. The number of methoxy groups -OCH3 is 1. The summed E-state index contributed by atoms with van der Waals surface area (Å²) in [6.07, 6.45) is 2.86. The van der Waals surface area contributed by atoms with Crippen LogP contribution in [0.4, 0.5) is 0 Å². The average molecular weight is 340 g/mol. The molecule has 0 spiro atoms. The van der Waals surface area contributed by atoms with E-state index in [2.05, 4.69) is 6.58 Å². The standard InChI is InChI=1S/C15H20N2O5S/c1-6-14(3,4)22-11(19)10-9(8(2)18)7-17-12(20)15(16,21-5)13(17)23-10/h6-7,10,13H,1,16H2,2-5H3/t10?,13-,15?/m1/s1. The zero-order valence-corrected chi connectivity index (χ0v) is 14.3. The minimum Gasteiger partial charge on any atom is -0.454 e. The number of ether oxygens (including phenoxy) is 2. The van der Waals surface area contributed by atoms with Gasteiger partial charge in [-0.1, -0.05) is 6.58 Å². The molecule has 0 bridgehead atoms. The summed E-state index contributed by atoms with van der Waals surface area (Å²) >= 11 is 1.07. The van der Waals surface area contributed by atoms with Crippen LogP contribution in [0.1, 0.15) is 20.8 Å². The highest BCUT2D eigenvalue weighted by Crippen LogP contribution is 2.45. The predicted molar refractivity (Wildman–Crippen MR) is 85.1 cm³/mol. The van der Waals surface area contributed by atoms with Gasteiger partial charge in [0.25, 0.3) is 5.91 Å². The van der Waals surface area contributed by atoms with E-state index in [4.69, 9.17) is 15.2 Å². The number of fused-ring (bicyclic) bond motifs is 1. The molecule has 2 heterocycles. The van der Waals surface area contributed by atoms with Crippen molar-refractivity contribution >= 4 is 29.4 Å². The molecule has 2 aliphatic rings. The number of carbonyl (C=O) groups excluding carboxylic acids is 3. The van der Waals surface area contributed by atoms with Gasteiger partial charge in [0.1, 0.15) is 16.2 Å². The Morgan fingerprint density at radius 1 is 1.52 bits per heavy atom. The van der Waals surface area contributed by atoms with Gasteiger partial charge >= 0.3 is 5.97 Å². The van der Waals surface area contributed by atoms with Crippen molar-refractivity contribution in [3.05, 3.63) is 24.4 Å². The summed E-state index contributed by atoms with van der Waals surface area (Å²) in [6.45, 7) is 8.32. The maximum atomic E-state index is 12.5. The van der Waals surface area contributed by atoms with Gasteiger partial charge in [-0.05, 0) is 26.8 Å². The number of carbonyl (C=O) groups is 3. The van der Waals surface area contributed by atoms with Crippen molar-refractivity contribution in [1.82, 2.24) is 4.90 Å². The fourth-order valence-corrected chi connectivity index (χ4v) is 3.75. The van der Waals surface area contributed by atoms with Crippen molar-refractivity contribution in [3.8, 4) is 0 Å². The zero-order valence-electron chi connectivity index (χ0n) is 13.5. The Labute approximate surface area is 138 Å². The van der Waals surface area contributed by atoms with Crippen molar-refractivity contribution in [3.63, 3.8) is 0 Å². The highest BCUT2D eigenvalue weighted by atomic mass is 32.2. The van der Waals surface area contributed by atoms with Crippen LogP contribution in [0.5, 0.6) is 0 Å². The molecule has 3 atom stereocenters. The van der Waals surface area contributed by atoms with Gasteiger partial charge in [-0.15, -0.1) is 11.8 Å². The monoisotopic (exact) mass is 340 g/mol. The molecular formula is C15H20N2O5S. The number of esters is 1. The zero-order chi connectivity index (χ0) is 17.6. The second-order valence-electron chi connectivity index (χ2n) is 5.95. The number of rotatable bonds is 5. The van der Waals surface area contributed by atoms with Gasteiger partial charge in [-0.2, -0.15) is 0 Å². The molecule has 126 valence electrons. The second-order valence-corrected chi connectivity index (χ2v) is 7.14. The van der Waals surface area contributed by atoms with Crippen LogP contribution in [0.25, 0.3) is 0 Å². The average Bonchev–Trinajstić information content (AvgIpc) is 2.51. The van der Waals surface area contributed by atoms with E-state index in [1.165, 1.54) is 31.2 Å². The number of nitrogens with two attached hydrogens (primary N) is 1. The molecule has 23 heavy (non-hydrogen) atoms. The van der Waals surface area contributed by atoms with Crippen LogP contribution in [-0.2, 0) is 23.9 Å². The van der Waals surface area contributed by atoms with Crippen LogP contribution in [0.2, 0.25) is 0 Å². The Kier molecular flexibility index (Phi) is 4.44. The molecule has 8 heteroatoms. The molecule has 0 aliphatic carbocycles. The molecule has 0 aromatic rings. The Balaban J connectivity index is 2.32. The number of amides is 1. The molecule has 7 nitrogen and oxygen atoms in total. The molecule has 1 fully saturated rings. The Morgan fingerprint density at radius 2 is 2.13 bits per heavy atom. The Morgan fingerprint density at radius 3 is 2.61 bits per heavy atom. The Bertz CT molecular complexity index is 615. The summed E-state index contributed by atoms with van der Waals surface area (Å²) in [5.74, 6) is -1.35. The third-order valence-corrected chi connectivity index (χ3v) is 5.38. The predicted octanol–water partition coefficient (Wildman–Crippen LogP) is 0.552. The number of Topliss-reactive ketones (excluding diaryl/α,β-unsaturated/α-hetero) is 1. The quantitative estimate of drug-likeness (QED) is 0.338. The van der Waals surface area contributed by atoms with Gasteiger partial charge in [0.15, 0.2) is 5.78 Å². The van der Waals surface area contributed by atoms with E-state index in [-0.39, 0.29) is 11.4 Å². The lowest BCUT2D eigenvalue weighted by Gasteiger charge is -2.53. The third kappa shape index (κ3) is 2.82. The van der Waals surface area contributed by atoms with Gasteiger partial charge in [0, 0.05) is 18.9 Å². The lowest BCUT2D eigenvalue weighted by molar-refractivity contribution is -0.179. The van der Waals surface area contributed by atoms with Gasteiger partial charge < -0.3 is 9.47 Å². The van der Waals surface area contributed by atoms with E-state index in [0.717, 1.165) is 11.8 Å². The van der Waals surface area contributed by atoms with E-state index < -0.39 is 33.8 Å². The van der Waals surface area contributed by atoms with Crippen molar-refractivity contribution in [2.24, 2.45) is 5.73 Å². The van der Waals surface area contributed by atoms with Gasteiger partial charge in [0.2, 0.25) is 5.72 Å². The topological polar surface area (TPSA) is 98.9 Å². The number of nitrogens with zero attached hydrogens (tertiary/aromatic N) is 1. The highest BCUT2D eigenvalue weighted by molar-refractivity contribution is 8.01. The molecule has 1 saturated heterocycles. The molecule has 0 aromatic carbocycles. The number of β-lactam (4-membered cyclic amide) rings is 1. The van der Waals surface area contributed by atoms with Crippen molar-refractivity contribution < 1.29 is 23.9 Å². The van der Waals surface area contributed by atoms with Crippen molar-refractivity contribution in [1.29, 1.82) is 0 Å². The molecular weight excluding hydrogens is 320 g/mol. The molecule has 1 amide bonds. The fourth-order valence-electron chi connectivity index (χ4n) is 2.27. The fraction of sp³-hybridized carbons (Fsp3) is 0.533. The summed E-state index contributed by atoms with van der Waals surface area (Å²) in [6, 6.07) is 0. The van der Waals surface area contributed by atoms with E-state index in [1.807, 2.05) is 0 Å². The molecule has 2 N–H and O–H groups in total. The van der Waals surface area contributed by atoms with E-state index in [0.29, 0.717) is 0 Å². The first-order valence-corrected chi connectivity index (χ1v) is 7.93. The summed E-state index contributed by atoms with van der Waals surface area (Å²) < 4.78 is 10.5. The normalized spacial score (nSPS) is 30.0. The van der Waals surface area contributed by atoms with Gasteiger partial charge in [-0.3, -0.25) is 25.0 Å². The van der Waals surface area contributed by atoms with Crippen LogP contribution in [0.3, 0.4) is 0 Å².